The van der Waals surface area contributed by atoms with Gasteiger partial charge in [-0.25, -0.2) is 4.98 Å². The number of anilines is 1. The second kappa shape index (κ2) is 5.99. The smallest absolute Gasteiger partial charge is 0.260 e. The molecular formula is C13H17N3O2S. The molecule has 2 rings (SSSR count). The lowest BCUT2D eigenvalue weighted by Gasteiger charge is -2.10. The molecular weight excluding hydrogens is 262 g/mol. The first-order valence-electron chi connectivity index (χ1n) is 6.00. The van der Waals surface area contributed by atoms with Gasteiger partial charge in [0.2, 0.25) is 0 Å². The third-order valence-corrected chi connectivity index (χ3v) is 3.77. The quantitative estimate of drug-likeness (QED) is 0.909. The van der Waals surface area contributed by atoms with E-state index in [9.17, 15) is 4.79 Å². The van der Waals surface area contributed by atoms with Crippen molar-refractivity contribution in [1.82, 2.24) is 9.55 Å². The summed E-state index contributed by atoms with van der Waals surface area (Å²) in [7, 11) is 3.44. The van der Waals surface area contributed by atoms with Gasteiger partial charge in [0.25, 0.3) is 5.56 Å². The predicted octanol–water partition coefficient (Wildman–Crippen LogP) is 1.97. The average Bonchev–Trinajstić information content (AvgIpc) is 2.87. The number of thiazole rings is 1. The molecule has 6 heteroatoms. The Morgan fingerprint density at radius 2 is 2.26 bits per heavy atom. The SMILES string of the molecule is CNc1nc(-c2ccc(C)n(CCOC)c2=O)cs1. The Balaban J connectivity index is 2.44. The van der Waals surface area contributed by atoms with E-state index in [1.54, 1.807) is 11.7 Å². The van der Waals surface area contributed by atoms with E-state index < -0.39 is 0 Å². The van der Waals surface area contributed by atoms with Gasteiger partial charge in [-0.15, -0.1) is 11.3 Å². The van der Waals surface area contributed by atoms with E-state index >= 15 is 0 Å². The molecule has 1 N–H and O–H groups in total. The molecule has 0 amide bonds. The fourth-order valence-electron chi connectivity index (χ4n) is 1.84. The summed E-state index contributed by atoms with van der Waals surface area (Å²) in [6, 6.07) is 3.76. The zero-order valence-electron chi connectivity index (χ0n) is 11.3. The number of aryl methyl sites for hydroxylation is 1. The summed E-state index contributed by atoms with van der Waals surface area (Å²) in [4.78, 5) is 16.8. The van der Waals surface area contributed by atoms with Crippen LogP contribution in [0.25, 0.3) is 11.3 Å². The molecule has 0 radical (unpaired) electrons. The topological polar surface area (TPSA) is 56.1 Å². The van der Waals surface area contributed by atoms with Crippen LogP contribution in [0, 0.1) is 6.92 Å². The van der Waals surface area contributed by atoms with Crippen LogP contribution in [0.1, 0.15) is 5.69 Å². The van der Waals surface area contributed by atoms with Crippen LogP contribution in [0.15, 0.2) is 22.3 Å². The second-order valence-electron chi connectivity index (χ2n) is 4.13. The van der Waals surface area contributed by atoms with E-state index in [0.29, 0.717) is 24.4 Å². The Bertz CT molecular complexity index is 619. The summed E-state index contributed by atoms with van der Waals surface area (Å²) in [5.41, 5.74) is 2.24. The molecule has 5 nitrogen and oxygen atoms in total. The lowest BCUT2D eigenvalue weighted by atomic mass is 10.2. The van der Waals surface area contributed by atoms with Crippen LogP contribution in [0.4, 0.5) is 5.13 Å². The molecule has 2 aromatic heterocycles. The van der Waals surface area contributed by atoms with Gasteiger partial charge in [-0.3, -0.25) is 4.79 Å². The highest BCUT2D eigenvalue weighted by Gasteiger charge is 2.11. The van der Waals surface area contributed by atoms with Crippen molar-refractivity contribution in [2.45, 2.75) is 13.5 Å². The van der Waals surface area contributed by atoms with Crippen molar-refractivity contribution in [2.75, 3.05) is 26.1 Å². The molecule has 0 bridgehead atoms. The Morgan fingerprint density at radius 3 is 2.89 bits per heavy atom. The molecule has 0 aliphatic carbocycles. The standard InChI is InChI=1S/C13H17N3O2S/c1-9-4-5-10(11-8-19-13(14-2)15-11)12(17)16(9)6-7-18-3/h4-5,8H,6-7H2,1-3H3,(H,14,15). The monoisotopic (exact) mass is 279 g/mol. The largest absolute Gasteiger partial charge is 0.383 e. The van der Waals surface area contributed by atoms with Gasteiger partial charge in [-0.2, -0.15) is 0 Å². The minimum absolute atomic E-state index is 0.0231. The first kappa shape index (κ1) is 13.8. The first-order valence-corrected chi connectivity index (χ1v) is 6.88. The number of aromatic nitrogens is 2. The number of methoxy groups -OCH3 is 1. The van der Waals surface area contributed by atoms with Crippen LogP contribution in [0.2, 0.25) is 0 Å². The van der Waals surface area contributed by atoms with Gasteiger partial charge in [0, 0.05) is 31.8 Å². The van der Waals surface area contributed by atoms with Gasteiger partial charge in [0.1, 0.15) is 0 Å². The van der Waals surface area contributed by atoms with E-state index in [4.69, 9.17) is 4.74 Å². The molecule has 2 heterocycles. The first-order chi connectivity index (χ1) is 9.17. The number of rotatable bonds is 5. The average molecular weight is 279 g/mol. The fraction of sp³-hybridized carbons (Fsp3) is 0.385. The van der Waals surface area contributed by atoms with Crippen LogP contribution in [0.5, 0.6) is 0 Å². The Labute approximate surface area is 115 Å². The second-order valence-corrected chi connectivity index (χ2v) is 4.98. The predicted molar refractivity (Wildman–Crippen MR) is 78.0 cm³/mol. The zero-order chi connectivity index (χ0) is 13.8. The number of ether oxygens (including phenoxy) is 1. The van der Waals surface area contributed by atoms with Crippen LogP contribution in [0.3, 0.4) is 0 Å². The highest BCUT2D eigenvalue weighted by atomic mass is 32.1. The van der Waals surface area contributed by atoms with E-state index in [-0.39, 0.29) is 5.56 Å². The minimum atomic E-state index is -0.0231. The molecule has 0 atom stereocenters. The molecule has 19 heavy (non-hydrogen) atoms. The fourth-order valence-corrected chi connectivity index (χ4v) is 2.51. The molecule has 0 saturated heterocycles. The molecule has 102 valence electrons. The number of pyridine rings is 1. The molecule has 0 fully saturated rings. The Kier molecular flexibility index (Phi) is 4.34. The Hall–Kier alpha value is -1.66. The summed E-state index contributed by atoms with van der Waals surface area (Å²) < 4.78 is 6.76. The molecule has 0 aromatic carbocycles. The van der Waals surface area contributed by atoms with Crippen LogP contribution in [-0.2, 0) is 11.3 Å². The van der Waals surface area contributed by atoms with Crippen molar-refractivity contribution >= 4 is 16.5 Å². The molecule has 2 aromatic rings. The number of nitrogens with zero attached hydrogens (tertiary/aromatic N) is 2. The molecule has 0 spiro atoms. The molecule has 0 aliphatic rings. The third-order valence-electron chi connectivity index (χ3n) is 2.91. The van der Waals surface area contributed by atoms with Crippen LogP contribution in [-0.4, -0.2) is 30.3 Å². The van der Waals surface area contributed by atoms with Gasteiger partial charge in [0.05, 0.1) is 17.9 Å². The summed E-state index contributed by atoms with van der Waals surface area (Å²) in [5.74, 6) is 0. The number of hydrogen-bond donors (Lipinski definition) is 1. The normalized spacial score (nSPS) is 10.7. The zero-order valence-corrected chi connectivity index (χ0v) is 12.1. The summed E-state index contributed by atoms with van der Waals surface area (Å²) in [6.45, 7) is 2.99. The van der Waals surface area contributed by atoms with E-state index in [1.807, 2.05) is 31.5 Å². The van der Waals surface area contributed by atoms with Crippen molar-refractivity contribution in [3.63, 3.8) is 0 Å². The van der Waals surface area contributed by atoms with Crippen molar-refractivity contribution in [2.24, 2.45) is 0 Å². The van der Waals surface area contributed by atoms with Gasteiger partial charge >= 0.3 is 0 Å². The summed E-state index contributed by atoms with van der Waals surface area (Å²) in [5, 5.41) is 5.67. The minimum Gasteiger partial charge on any atom is -0.383 e. The molecule has 0 saturated carbocycles. The molecule has 0 unspecified atom stereocenters. The van der Waals surface area contributed by atoms with E-state index in [0.717, 1.165) is 10.8 Å². The van der Waals surface area contributed by atoms with Crippen LogP contribution >= 0.6 is 11.3 Å². The lowest BCUT2D eigenvalue weighted by molar-refractivity contribution is 0.185. The van der Waals surface area contributed by atoms with Crippen molar-refractivity contribution in [3.05, 3.63) is 33.6 Å². The van der Waals surface area contributed by atoms with Gasteiger partial charge < -0.3 is 14.6 Å². The van der Waals surface area contributed by atoms with Crippen LogP contribution < -0.4 is 10.9 Å². The maximum atomic E-state index is 12.4. The van der Waals surface area contributed by atoms with E-state index in [1.165, 1.54) is 11.3 Å². The van der Waals surface area contributed by atoms with E-state index in [2.05, 4.69) is 10.3 Å². The highest BCUT2D eigenvalue weighted by Crippen LogP contribution is 2.22. The third kappa shape index (κ3) is 2.85. The summed E-state index contributed by atoms with van der Waals surface area (Å²) in [6.07, 6.45) is 0. The van der Waals surface area contributed by atoms with Crippen molar-refractivity contribution in [1.29, 1.82) is 0 Å². The lowest BCUT2D eigenvalue weighted by Crippen LogP contribution is -2.25. The maximum absolute atomic E-state index is 12.4. The van der Waals surface area contributed by atoms with Crippen molar-refractivity contribution < 1.29 is 4.74 Å². The Morgan fingerprint density at radius 1 is 1.47 bits per heavy atom. The number of nitrogens with one attached hydrogen (secondary N) is 1. The maximum Gasteiger partial charge on any atom is 0.260 e. The number of hydrogen-bond acceptors (Lipinski definition) is 5. The summed E-state index contributed by atoms with van der Waals surface area (Å²) >= 11 is 1.49. The van der Waals surface area contributed by atoms with Gasteiger partial charge in [-0.05, 0) is 19.1 Å². The molecule has 0 aliphatic heterocycles. The van der Waals surface area contributed by atoms with Crippen molar-refractivity contribution in [3.8, 4) is 11.3 Å². The van der Waals surface area contributed by atoms with Gasteiger partial charge in [0.15, 0.2) is 5.13 Å². The van der Waals surface area contributed by atoms with Gasteiger partial charge in [-0.1, -0.05) is 0 Å². The highest BCUT2D eigenvalue weighted by molar-refractivity contribution is 7.14.